The molecule has 20 heavy (non-hydrogen) atoms. The van der Waals surface area contributed by atoms with Gasteiger partial charge in [0.1, 0.15) is 11.5 Å². The van der Waals surface area contributed by atoms with Crippen LogP contribution in [0.15, 0.2) is 18.2 Å². The number of phenolic OH excluding ortho intramolecular Hbond substituents is 2. The minimum atomic E-state index is -0.163. The van der Waals surface area contributed by atoms with Crippen molar-refractivity contribution in [2.45, 2.75) is 6.42 Å². The monoisotopic (exact) mass is 278 g/mol. The topological polar surface area (TPSA) is 64.0 Å². The highest BCUT2D eigenvalue weighted by Crippen LogP contribution is 2.23. The Labute approximate surface area is 119 Å². The summed E-state index contributed by atoms with van der Waals surface area (Å²) >= 11 is 0. The van der Waals surface area contributed by atoms with Crippen LogP contribution in [-0.2, 0) is 0 Å². The maximum Gasteiger partial charge on any atom is 0.180 e. The highest BCUT2D eigenvalue weighted by atomic mass is 16.3. The molecule has 0 saturated carbocycles. The number of hydrogen-bond donors (Lipinski definition) is 2. The number of phenols is 2. The number of carbonyl (C=O) groups is 1. The molecule has 1 aliphatic heterocycles. The van der Waals surface area contributed by atoms with Crippen molar-refractivity contribution < 1.29 is 15.0 Å². The third-order valence-corrected chi connectivity index (χ3v) is 3.75. The minimum absolute atomic E-state index is 0.0404. The average molecular weight is 278 g/mol. The van der Waals surface area contributed by atoms with Gasteiger partial charge in [0.25, 0.3) is 0 Å². The van der Waals surface area contributed by atoms with E-state index in [0.29, 0.717) is 5.92 Å². The molecule has 0 bridgehead atoms. The van der Waals surface area contributed by atoms with Gasteiger partial charge in [0.2, 0.25) is 0 Å². The molecule has 0 spiro atoms. The number of aromatic hydroxyl groups is 2. The summed E-state index contributed by atoms with van der Waals surface area (Å²) in [6.07, 6.45) is 1.17. The molecule has 110 valence electrons. The first-order valence-corrected chi connectivity index (χ1v) is 6.88. The van der Waals surface area contributed by atoms with Gasteiger partial charge in [-0.25, -0.2) is 0 Å². The molecule has 5 heteroatoms. The number of nitrogens with zero attached hydrogens (tertiary/aromatic N) is 2. The van der Waals surface area contributed by atoms with Crippen molar-refractivity contribution >= 4 is 5.78 Å². The molecule has 2 N–H and O–H groups in total. The van der Waals surface area contributed by atoms with Crippen LogP contribution in [0.1, 0.15) is 16.8 Å². The highest BCUT2D eigenvalue weighted by molar-refractivity contribution is 6.00. The predicted octanol–water partition coefficient (Wildman–Crippen LogP) is 1.16. The van der Waals surface area contributed by atoms with Gasteiger partial charge in [-0.15, -0.1) is 0 Å². The van der Waals surface area contributed by atoms with E-state index in [0.717, 1.165) is 19.6 Å². The van der Waals surface area contributed by atoms with E-state index in [1.54, 1.807) is 0 Å². The van der Waals surface area contributed by atoms with Gasteiger partial charge < -0.3 is 15.1 Å². The van der Waals surface area contributed by atoms with Gasteiger partial charge in [-0.1, -0.05) is 0 Å². The Hall–Kier alpha value is -1.59. The Morgan fingerprint density at radius 1 is 1.45 bits per heavy atom. The Morgan fingerprint density at radius 2 is 2.20 bits per heavy atom. The molecule has 5 nitrogen and oxygen atoms in total. The summed E-state index contributed by atoms with van der Waals surface area (Å²) < 4.78 is 0. The second-order valence-electron chi connectivity index (χ2n) is 5.74. The third kappa shape index (κ3) is 3.71. The van der Waals surface area contributed by atoms with Crippen molar-refractivity contribution in [1.29, 1.82) is 0 Å². The summed E-state index contributed by atoms with van der Waals surface area (Å²) in [6, 6.07) is 4.07. The molecular weight excluding hydrogens is 256 g/mol. The Balaban J connectivity index is 1.90. The van der Waals surface area contributed by atoms with E-state index >= 15 is 0 Å². The van der Waals surface area contributed by atoms with E-state index in [4.69, 9.17) is 0 Å². The molecule has 1 aromatic carbocycles. The van der Waals surface area contributed by atoms with Crippen LogP contribution in [-0.4, -0.2) is 66.1 Å². The molecular formula is C15H22N2O3. The number of carbonyl (C=O) groups excluding carboxylic acids is 1. The fourth-order valence-corrected chi connectivity index (χ4v) is 2.77. The summed E-state index contributed by atoms with van der Waals surface area (Å²) in [6.45, 7) is 3.35. The lowest BCUT2D eigenvalue weighted by molar-refractivity contribution is 0.0935. The van der Waals surface area contributed by atoms with Gasteiger partial charge in [0.05, 0.1) is 12.1 Å². The fourth-order valence-electron chi connectivity index (χ4n) is 2.77. The number of Topliss-reactive ketones (excluding diaryl/α,β-unsaturated/α-hetero) is 1. The number of likely N-dealkylation sites (tertiary alicyclic amines) is 1. The lowest BCUT2D eigenvalue weighted by Crippen LogP contribution is -2.32. The van der Waals surface area contributed by atoms with E-state index in [9.17, 15) is 15.0 Å². The molecule has 0 aromatic heterocycles. The Morgan fingerprint density at radius 3 is 2.80 bits per heavy atom. The maximum absolute atomic E-state index is 12.1. The quantitative estimate of drug-likeness (QED) is 0.791. The molecule has 1 unspecified atom stereocenters. The highest BCUT2D eigenvalue weighted by Gasteiger charge is 2.22. The van der Waals surface area contributed by atoms with E-state index in [1.807, 2.05) is 11.9 Å². The number of benzene rings is 1. The van der Waals surface area contributed by atoms with Gasteiger partial charge in [0.15, 0.2) is 5.78 Å². The number of ketones is 1. The summed E-state index contributed by atoms with van der Waals surface area (Å²) in [7, 11) is 4.04. The summed E-state index contributed by atoms with van der Waals surface area (Å²) in [5.41, 5.74) is 0.262. The van der Waals surface area contributed by atoms with Crippen LogP contribution < -0.4 is 0 Å². The van der Waals surface area contributed by atoms with Crippen molar-refractivity contribution in [1.82, 2.24) is 9.80 Å². The van der Waals surface area contributed by atoms with Crippen LogP contribution in [0.4, 0.5) is 0 Å². The van der Waals surface area contributed by atoms with Gasteiger partial charge in [-0.2, -0.15) is 0 Å². The van der Waals surface area contributed by atoms with Gasteiger partial charge in [-0.3, -0.25) is 9.69 Å². The van der Waals surface area contributed by atoms with E-state index in [-0.39, 0.29) is 29.4 Å². The van der Waals surface area contributed by atoms with Gasteiger partial charge in [0, 0.05) is 19.2 Å². The Kier molecular flexibility index (Phi) is 4.62. The van der Waals surface area contributed by atoms with Crippen LogP contribution in [0.25, 0.3) is 0 Å². The summed E-state index contributed by atoms with van der Waals surface area (Å²) in [4.78, 5) is 16.4. The average Bonchev–Trinajstić information content (AvgIpc) is 2.74. The number of rotatable bonds is 5. The van der Waals surface area contributed by atoms with Crippen molar-refractivity contribution in [3.63, 3.8) is 0 Å². The zero-order chi connectivity index (χ0) is 14.7. The molecule has 1 aliphatic rings. The normalized spacial score (nSPS) is 19.6. The zero-order valence-electron chi connectivity index (χ0n) is 12.0. The van der Waals surface area contributed by atoms with Crippen LogP contribution in [0.3, 0.4) is 0 Å². The second-order valence-corrected chi connectivity index (χ2v) is 5.74. The Bertz CT molecular complexity index is 490. The van der Waals surface area contributed by atoms with Gasteiger partial charge in [-0.05, 0) is 45.1 Å². The first-order chi connectivity index (χ1) is 9.45. The summed E-state index contributed by atoms with van der Waals surface area (Å²) in [5.74, 6) is 0.271. The van der Waals surface area contributed by atoms with E-state index in [1.165, 1.54) is 24.6 Å². The third-order valence-electron chi connectivity index (χ3n) is 3.75. The lowest BCUT2D eigenvalue weighted by Gasteiger charge is -2.20. The molecule has 2 rings (SSSR count). The van der Waals surface area contributed by atoms with Gasteiger partial charge >= 0.3 is 0 Å². The molecule has 0 amide bonds. The van der Waals surface area contributed by atoms with Crippen molar-refractivity contribution in [3.05, 3.63) is 23.8 Å². The molecule has 1 aromatic rings. The minimum Gasteiger partial charge on any atom is -0.508 e. The van der Waals surface area contributed by atoms with Crippen LogP contribution in [0.2, 0.25) is 0 Å². The van der Waals surface area contributed by atoms with Crippen LogP contribution in [0.5, 0.6) is 11.5 Å². The lowest BCUT2D eigenvalue weighted by atomic mass is 10.1. The fraction of sp³-hybridized carbons (Fsp3) is 0.533. The second kappa shape index (κ2) is 6.24. The van der Waals surface area contributed by atoms with Crippen molar-refractivity contribution in [3.8, 4) is 11.5 Å². The predicted molar refractivity (Wildman–Crippen MR) is 77.2 cm³/mol. The molecule has 0 aliphatic carbocycles. The standard InChI is InChI=1S/C15H22N2O3/c1-16-6-5-11(8-16)9-17(2)10-15(20)13-4-3-12(18)7-14(13)19/h3-4,7,11,18-19H,5-6,8-10H2,1-2H3. The SMILES string of the molecule is CN1CCC(CN(C)CC(=O)c2ccc(O)cc2O)C1. The molecule has 1 heterocycles. The molecule has 1 saturated heterocycles. The number of hydrogen-bond acceptors (Lipinski definition) is 5. The maximum atomic E-state index is 12.1. The largest absolute Gasteiger partial charge is 0.508 e. The van der Waals surface area contributed by atoms with Crippen molar-refractivity contribution in [2.24, 2.45) is 5.92 Å². The van der Waals surface area contributed by atoms with E-state index < -0.39 is 0 Å². The first kappa shape index (κ1) is 14.8. The molecule has 1 atom stereocenters. The summed E-state index contributed by atoms with van der Waals surface area (Å²) in [5, 5.41) is 18.9. The molecule has 1 fully saturated rings. The van der Waals surface area contributed by atoms with E-state index in [2.05, 4.69) is 11.9 Å². The first-order valence-electron chi connectivity index (χ1n) is 6.88. The molecule has 0 radical (unpaired) electrons. The van der Waals surface area contributed by atoms with Crippen LogP contribution >= 0.6 is 0 Å². The number of likely N-dealkylation sites (N-methyl/N-ethyl adjacent to an activating group) is 1. The smallest absolute Gasteiger partial charge is 0.180 e. The van der Waals surface area contributed by atoms with Crippen LogP contribution in [0, 0.1) is 5.92 Å². The zero-order valence-corrected chi connectivity index (χ0v) is 12.0. The van der Waals surface area contributed by atoms with Crippen molar-refractivity contribution in [2.75, 3.05) is 40.3 Å².